The van der Waals surface area contributed by atoms with E-state index in [0.717, 1.165) is 18.9 Å². The van der Waals surface area contributed by atoms with Gasteiger partial charge in [0, 0.05) is 25.9 Å². The zero-order valence-corrected chi connectivity index (χ0v) is 18.4. The van der Waals surface area contributed by atoms with Crippen LogP contribution in [0, 0.1) is 0 Å². The van der Waals surface area contributed by atoms with E-state index in [1.54, 1.807) is 6.08 Å². The molecule has 0 atom stereocenters. The summed E-state index contributed by atoms with van der Waals surface area (Å²) in [5, 5.41) is 0. The van der Waals surface area contributed by atoms with Crippen LogP contribution in [-0.2, 0) is 18.1 Å². The molecule has 0 aromatic heterocycles. The van der Waals surface area contributed by atoms with Gasteiger partial charge in [-0.2, -0.15) is 0 Å². The van der Waals surface area contributed by atoms with Gasteiger partial charge in [-0.15, -0.1) is 0 Å². The van der Waals surface area contributed by atoms with Crippen LogP contribution in [0.4, 0.5) is 0 Å². The van der Waals surface area contributed by atoms with Gasteiger partial charge >= 0.3 is 8.80 Å². The highest BCUT2D eigenvalue weighted by atomic mass is 28.4. The Morgan fingerprint density at radius 2 is 1.04 bits per heavy atom. The Balaban J connectivity index is 3.56. The highest BCUT2D eigenvalue weighted by Gasteiger charge is 2.39. The third-order valence-electron chi connectivity index (χ3n) is 4.41. The molecule has 0 aromatic carbocycles. The van der Waals surface area contributed by atoms with Crippen molar-refractivity contribution in [3.8, 4) is 0 Å². The third-order valence-corrected chi connectivity index (χ3v) is 7.56. The fourth-order valence-corrected chi connectivity index (χ4v) is 5.86. The van der Waals surface area contributed by atoms with Crippen LogP contribution in [0.25, 0.3) is 0 Å². The highest BCUT2D eigenvalue weighted by Crippen LogP contribution is 2.21. The lowest BCUT2D eigenvalue weighted by molar-refractivity contribution is 0.0706. The quantitative estimate of drug-likeness (QED) is 0.117. The molecular formula is C20H41NO4Si. The summed E-state index contributed by atoms with van der Waals surface area (Å²) in [5.74, 6) is 0. The van der Waals surface area contributed by atoms with E-state index in [4.69, 9.17) is 13.3 Å². The summed E-state index contributed by atoms with van der Waals surface area (Å²) in [5.41, 5.74) is 0. The van der Waals surface area contributed by atoms with Crippen molar-refractivity contribution in [1.82, 2.24) is 0 Å². The summed E-state index contributed by atoms with van der Waals surface area (Å²) in [4.78, 5) is 13.5. The van der Waals surface area contributed by atoms with Crippen LogP contribution in [0.1, 0.15) is 91.4 Å². The van der Waals surface area contributed by atoms with Crippen molar-refractivity contribution >= 4 is 14.9 Å². The van der Waals surface area contributed by atoms with Gasteiger partial charge in [0.25, 0.3) is 0 Å². The van der Waals surface area contributed by atoms with Crippen molar-refractivity contribution in [3.63, 3.8) is 0 Å². The van der Waals surface area contributed by atoms with Gasteiger partial charge in [0.1, 0.15) is 0 Å². The molecule has 0 spiro atoms. The van der Waals surface area contributed by atoms with E-state index in [0.29, 0.717) is 26.4 Å². The molecule has 0 radical (unpaired) electrons. The molecule has 0 aliphatic carbocycles. The predicted octanol–water partition coefficient (Wildman–Crippen LogP) is 5.66. The van der Waals surface area contributed by atoms with Gasteiger partial charge in [-0.25, -0.2) is 9.79 Å². The van der Waals surface area contributed by atoms with Crippen molar-refractivity contribution in [3.05, 3.63) is 0 Å². The second-order valence-corrected chi connectivity index (χ2v) is 9.33. The van der Waals surface area contributed by atoms with Crippen LogP contribution < -0.4 is 0 Å². The lowest BCUT2D eigenvalue weighted by atomic mass is 10.1. The Hall–Kier alpha value is -0.523. The molecule has 0 saturated heterocycles. The number of unbranched alkanes of at least 4 members (excludes halogenated alkanes) is 10. The molecular weight excluding hydrogens is 346 g/mol. The minimum absolute atomic E-state index is 0.642. The number of hydrogen-bond acceptors (Lipinski definition) is 5. The van der Waals surface area contributed by atoms with Gasteiger partial charge in [0.2, 0.25) is 6.08 Å². The molecule has 0 N–H and O–H groups in total. The summed E-state index contributed by atoms with van der Waals surface area (Å²) >= 11 is 0. The molecule has 26 heavy (non-hydrogen) atoms. The zero-order valence-electron chi connectivity index (χ0n) is 17.4. The molecule has 0 bridgehead atoms. The SMILES string of the molecule is CCO[Si](CCCCCCCCCCCCCN=C=O)(OCC)OCC. The largest absolute Gasteiger partial charge is 0.500 e. The second-order valence-electron chi connectivity index (χ2n) is 6.59. The van der Waals surface area contributed by atoms with E-state index < -0.39 is 8.80 Å². The van der Waals surface area contributed by atoms with Gasteiger partial charge < -0.3 is 13.3 Å². The average Bonchev–Trinajstić information content (AvgIpc) is 2.63. The van der Waals surface area contributed by atoms with E-state index in [-0.39, 0.29) is 0 Å². The van der Waals surface area contributed by atoms with Gasteiger partial charge in [-0.05, 0) is 33.6 Å². The van der Waals surface area contributed by atoms with Gasteiger partial charge in [-0.3, -0.25) is 0 Å². The van der Waals surface area contributed by atoms with Crippen molar-refractivity contribution < 1.29 is 18.1 Å². The molecule has 0 fully saturated rings. The molecule has 0 aliphatic heterocycles. The Kier molecular flexibility index (Phi) is 18.9. The average molecular weight is 388 g/mol. The van der Waals surface area contributed by atoms with E-state index in [1.807, 2.05) is 20.8 Å². The van der Waals surface area contributed by atoms with Gasteiger partial charge in [0.15, 0.2) is 0 Å². The number of aliphatic imine (C=N–C) groups is 1. The molecule has 154 valence electrons. The van der Waals surface area contributed by atoms with Crippen LogP contribution in [0.2, 0.25) is 6.04 Å². The Morgan fingerprint density at radius 1 is 0.654 bits per heavy atom. The number of isocyanates is 1. The Bertz CT molecular complexity index is 332. The summed E-state index contributed by atoms with van der Waals surface area (Å²) in [7, 11) is -2.43. The lowest BCUT2D eigenvalue weighted by Crippen LogP contribution is -2.45. The van der Waals surface area contributed by atoms with Crippen molar-refractivity contribution in [2.75, 3.05) is 26.4 Å². The molecule has 5 nitrogen and oxygen atoms in total. The summed E-state index contributed by atoms with van der Waals surface area (Å²) in [6.45, 7) is 8.67. The zero-order chi connectivity index (χ0) is 19.3. The normalized spacial score (nSPS) is 11.5. The first-order valence-electron chi connectivity index (χ1n) is 10.7. The summed E-state index contributed by atoms with van der Waals surface area (Å²) < 4.78 is 17.7. The Morgan fingerprint density at radius 3 is 1.42 bits per heavy atom. The maximum atomic E-state index is 9.93. The fourth-order valence-electron chi connectivity index (χ4n) is 3.17. The van der Waals surface area contributed by atoms with E-state index in [1.165, 1.54) is 57.8 Å². The van der Waals surface area contributed by atoms with Crippen LogP contribution in [-0.4, -0.2) is 41.2 Å². The van der Waals surface area contributed by atoms with Gasteiger partial charge in [-0.1, -0.05) is 57.8 Å². The van der Waals surface area contributed by atoms with Crippen LogP contribution in [0.5, 0.6) is 0 Å². The lowest BCUT2D eigenvalue weighted by Gasteiger charge is -2.28. The van der Waals surface area contributed by atoms with E-state index in [2.05, 4.69) is 4.99 Å². The molecule has 0 saturated carbocycles. The monoisotopic (exact) mass is 387 g/mol. The molecule has 0 heterocycles. The fraction of sp³-hybridized carbons (Fsp3) is 0.950. The van der Waals surface area contributed by atoms with Crippen molar-refractivity contribution in [2.24, 2.45) is 4.99 Å². The first-order valence-corrected chi connectivity index (χ1v) is 12.6. The summed E-state index contributed by atoms with van der Waals surface area (Å²) in [6.07, 6.45) is 15.3. The predicted molar refractivity (Wildman–Crippen MR) is 109 cm³/mol. The molecule has 0 amide bonds. The standard InChI is InChI=1S/C20H41NO4Si/c1-4-23-26(24-5-2,25-6-3)19-17-15-13-11-9-7-8-10-12-14-16-18-21-20-22/h4-19H2,1-3H3. The minimum Gasteiger partial charge on any atom is -0.374 e. The topological polar surface area (TPSA) is 57.1 Å². The molecule has 6 heteroatoms. The van der Waals surface area contributed by atoms with Crippen molar-refractivity contribution in [1.29, 1.82) is 0 Å². The molecule has 0 aromatic rings. The van der Waals surface area contributed by atoms with Crippen LogP contribution in [0.15, 0.2) is 4.99 Å². The molecule has 0 aliphatic rings. The first-order chi connectivity index (χ1) is 12.7. The maximum Gasteiger partial charge on any atom is 0.500 e. The third kappa shape index (κ3) is 14.6. The number of rotatable bonds is 20. The number of hydrogen-bond donors (Lipinski definition) is 0. The van der Waals surface area contributed by atoms with Gasteiger partial charge in [0.05, 0.1) is 6.54 Å². The summed E-state index contributed by atoms with van der Waals surface area (Å²) in [6, 6.07) is 0.941. The highest BCUT2D eigenvalue weighted by molar-refractivity contribution is 6.60. The van der Waals surface area contributed by atoms with Crippen LogP contribution >= 0.6 is 0 Å². The first kappa shape index (κ1) is 25.5. The molecule has 0 unspecified atom stereocenters. The number of nitrogens with zero attached hydrogens (tertiary/aromatic N) is 1. The van der Waals surface area contributed by atoms with E-state index in [9.17, 15) is 4.79 Å². The number of carbonyl (C=O) groups excluding carboxylic acids is 1. The second kappa shape index (κ2) is 19.2. The Labute approximate surface area is 162 Å². The maximum absolute atomic E-state index is 9.93. The van der Waals surface area contributed by atoms with E-state index >= 15 is 0 Å². The molecule has 0 rings (SSSR count). The van der Waals surface area contributed by atoms with Crippen molar-refractivity contribution in [2.45, 2.75) is 97.4 Å². The van der Waals surface area contributed by atoms with Crippen LogP contribution in [0.3, 0.4) is 0 Å². The minimum atomic E-state index is -2.43. The smallest absolute Gasteiger partial charge is 0.374 e.